The molecule has 4 atom stereocenters. The van der Waals surface area contributed by atoms with Crippen LogP contribution in [0.3, 0.4) is 0 Å². The first-order chi connectivity index (χ1) is 8.74. The van der Waals surface area contributed by atoms with Crippen LogP contribution >= 0.6 is 11.8 Å². The molecule has 18 heavy (non-hydrogen) atoms. The van der Waals surface area contributed by atoms with E-state index in [0.29, 0.717) is 11.8 Å². The van der Waals surface area contributed by atoms with Crippen LogP contribution in [0.2, 0.25) is 0 Å². The lowest BCUT2D eigenvalue weighted by Crippen LogP contribution is -2.47. The number of thioether (sulfide) groups is 1. The molecule has 4 unspecified atom stereocenters. The van der Waals surface area contributed by atoms with Gasteiger partial charge in [-0.3, -0.25) is 0 Å². The van der Waals surface area contributed by atoms with Gasteiger partial charge in [0, 0.05) is 19.5 Å². The van der Waals surface area contributed by atoms with Crippen LogP contribution in [-0.4, -0.2) is 48.1 Å². The standard InChI is InChI=1S/C14H24O3S/c1-16-13(10-2-3-10)12(15)11-4-6-17-14(8-11)5-7-18-9-14/h10-13,15H,2-9H2,1H3. The SMILES string of the molecule is COC(C1CC1)C(O)C1CCOC2(CCSC2)C1. The van der Waals surface area contributed by atoms with E-state index in [1.807, 2.05) is 11.8 Å². The Morgan fingerprint density at radius 1 is 1.33 bits per heavy atom. The number of rotatable bonds is 4. The van der Waals surface area contributed by atoms with Crippen molar-refractivity contribution in [1.29, 1.82) is 0 Å². The minimum absolute atomic E-state index is 0.0548. The molecule has 1 N–H and O–H groups in total. The summed E-state index contributed by atoms with van der Waals surface area (Å²) in [6, 6.07) is 0. The van der Waals surface area contributed by atoms with E-state index in [1.165, 1.54) is 18.6 Å². The fourth-order valence-corrected chi connectivity index (χ4v) is 4.90. The Hall–Kier alpha value is 0.230. The molecule has 0 radical (unpaired) electrons. The van der Waals surface area contributed by atoms with Crippen molar-refractivity contribution in [3.63, 3.8) is 0 Å². The predicted octanol–water partition coefficient (Wildman–Crippen LogP) is 2.07. The highest BCUT2D eigenvalue weighted by molar-refractivity contribution is 7.99. The lowest BCUT2D eigenvalue weighted by molar-refractivity contribution is -0.127. The van der Waals surface area contributed by atoms with Gasteiger partial charge in [0.05, 0.1) is 17.8 Å². The van der Waals surface area contributed by atoms with Crippen molar-refractivity contribution in [2.75, 3.05) is 25.2 Å². The van der Waals surface area contributed by atoms with E-state index in [0.717, 1.165) is 31.6 Å². The van der Waals surface area contributed by atoms with E-state index in [-0.39, 0.29) is 17.8 Å². The predicted molar refractivity (Wildman–Crippen MR) is 72.9 cm³/mol. The summed E-state index contributed by atoms with van der Waals surface area (Å²) >= 11 is 1.99. The van der Waals surface area contributed by atoms with Gasteiger partial charge < -0.3 is 14.6 Å². The van der Waals surface area contributed by atoms with Gasteiger partial charge in [-0.15, -0.1) is 0 Å². The van der Waals surface area contributed by atoms with Gasteiger partial charge in [0.15, 0.2) is 0 Å². The molecule has 104 valence electrons. The Kier molecular flexibility index (Phi) is 3.90. The molecule has 0 amide bonds. The molecule has 0 bridgehead atoms. The molecule has 1 spiro atoms. The molecule has 3 rings (SSSR count). The average molecular weight is 272 g/mol. The second-order valence-corrected chi connectivity index (χ2v) is 7.22. The van der Waals surface area contributed by atoms with Gasteiger partial charge in [-0.05, 0) is 49.7 Å². The zero-order valence-electron chi connectivity index (χ0n) is 11.1. The van der Waals surface area contributed by atoms with Crippen LogP contribution in [0.25, 0.3) is 0 Å². The number of ether oxygens (including phenoxy) is 2. The van der Waals surface area contributed by atoms with Crippen LogP contribution in [0, 0.1) is 11.8 Å². The Balaban J connectivity index is 1.63. The number of hydrogen-bond acceptors (Lipinski definition) is 4. The van der Waals surface area contributed by atoms with Crippen molar-refractivity contribution in [2.24, 2.45) is 11.8 Å². The Bertz CT molecular complexity index is 287. The molecule has 3 aliphatic rings. The van der Waals surface area contributed by atoms with Gasteiger partial charge in [0.2, 0.25) is 0 Å². The largest absolute Gasteiger partial charge is 0.390 e. The fraction of sp³-hybridized carbons (Fsp3) is 1.00. The third-order valence-electron chi connectivity index (χ3n) is 4.78. The number of hydrogen-bond donors (Lipinski definition) is 1. The van der Waals surface area contributed by atoms with Crippen molar-refractivity contribution in [3.8, 4) is 0 Å². The Morgan fingerprint density at radius 2 is 2.17 bits per heavy atom. The highest BCUT2D eigenvalue weighted by Gasteiger charge is 2.46. The first-order valence-electron chi connectivity index (χ1n) is 7.17. The van der Waals surface area contributed by atoms with E-state index < -0.39 is 0 Å². The molecule has 0 aromatic carbocycles. The maximum absolute atomic E-state index is 10.6. The van der Waals surface area contributed by atoms with Crippen molar-refractivity contribution in [3.05, 3.63) is 0 Å². The maximum Gasteiger partial charge on any atom is 0.0860 e. The summed E-state index contributed by atoms with van der Waals surface area (Å²) in [5.41, 5.74) is 0.0659. The molecule has 3 nitrogen and oxygen atoms in total. The van der Waals surface area contributed by atoms with Gasteiger partial charge >= 0.3 is 0 Å². The van der Waals surface area contributed by atoms with Crippen molar-refractivity contribution in [2.45, 2.75) is 49.9 Å². The minimum atomic E-state index is -0.297. The minimum Gasteiger partial charge on any atom is -0.390 e. The lowest BCUT2D eigenvalue weighted by Gasteiger charge is -2.41. The lowest BCUT2D eigenvalue weighted by atomic mass is 9.80. The number of aliphatic hydroxyl groups excluding tert-OH is 1. The van der Waals surface area contributed by atoms with Gasteiger partial charge in [-0.25, -0.2) is 0 Å². The molecular weight excluding hydrogens is 248 g/mol. The Labute approximate surface area is 114 Å². The monoisotopic (exact) mass is 272 g/mol. The summed E-state index contributed by atoms with van der Waals surface area (Å²) in [4.78, 5) is 0. The first-order valence-corrected chi connectivity index (χ1v) is 8.32. The summed E-state index contributed by atoms with van der Waals surface area (Å²) in [7, 11) is 1.74. The van der Waals surface area contributed by atoms with E-state index >= 15 is 0 Å². The van der Waals surface area contributed by atoms with E-state index in [9.17, 15) is 5.11 Å². The van der Waals surface area contributed by atoms with E-state index in [2.05, 4.69) is 0 Å². The van der Waals surface area contributed by atoms with Crippen molar-refractivity contribution < 1.29 is 14.6 Å². The zero-order chi connectivity index (χ0) is 12.6. The summed E-state index contributed by atoms with van der Waals surface area (Å²) in [6.45, 7) is 0.809. The number of methoxy groups -OCH3 is 1. The normalized spacial score (nSPS) is 40.0. The highest BCUT2D eigenvalue weighted by atomic mass is 32.2. The van der Waals surface area contributed by atoms with E-state index in [4.69, 9.17) is 9.47 Å². The third-order valence-corrected chi connectivity index (χ3v) is 6.00. The second-order valence-electron chi connectivity index (χ2n) is 6.12. The van der Waals surface area contributed by atoms with Gasteiger partial charge in [-0.1, -0.05) is 0 Å². The van der Waals surface area contributed by atoms with Crippen LogP contribution in [0.15, 0.2) is 0 Å². The molecule has 2 heterocycles. The summed E-state index contributed by atoms with van der Waals surface area (Å²) in [5, 5.41) is 10.6. The fourth-order valence-electron chi connectivity index (χ4n) is 3.52. The zero-order valence-corrected chi connectivity index (χ0v) is 12.0. The number of aliphatic hydroxyl groups is 1. The first kappa shape index (κ1) is 13.2. The molecule has 4 heteroatoms. The molecule has 3 fully saturated rings. The van der Waals surface area contributed by atoms with Crippen molar-refractivity contribution >= 4 is 11.8 Å². The summed E-state index contributed by atoms with van der Waals surface area (Å²) in [5.74, 6) is 3.28. The smallest absolute Gasteiger partial charge is 0.0860 e. The average Bonchev–Trinajstić information content (AvgIpc) is 3.13. The van der Waals surface area contributed by atoms with Gasteiger partial charge in [0.1, 0.15) is 0 Å². The summed E-state index contributed by atoms with van der Waals surface area (Å²) in [6.07, 6.45) is 5.36. The molecule has 0 aromatic rings. The molecule has 1 saturated carbocycles. The van der Waals surface area contributed by atoms with Crippen LogP contribution < -0.4 is 0 Å². The van der Waals surface area contributed by atoms with Crippen LogP contribution in [0.4, 0.5) is 0 Å². The van der Waals surface area contributed by atoms with Gasteiger partial charge in [-0.2, -0.15) is 11.8 Å². The van der Waals surface area contributed by atoms with Crippen LogP contribution in [0.1, 0.15) is 32.1 Å². The molecular formula is C14H24O3S. The topological polar surface area (TPSA) is 38.7 Å². The van der Waals surface area contributed by atoms with Gasteiger partial charge in [0.25, 0.3) is 0 Å². The van der Waals surface area contributed by atoms with E-state index in [1.54, 1.807) is 7.11 Å². The second kappa shape index (κ2) is 5.31. The molecule has 1 aliphatic carbocycles. The quantitative estimate of drug-likeness (QED) is 0.850. The van der Waals surface area contributed by atoms with Crippen LogP contribution in [0.5, 0.6) is 0 Å². The summed E-state index contributed by atoms with van der Waals surface area (Å²) < 4.78 is 11.6. The third kappa shape index (κ3) is 2.58. The molecule has 0 aromatic heterocycles. The molecule has 2 saturated heterocycles. The Morgan fingerprint density at radius 3 is 2.78 bits per heavy atom. The molecule has 2 aliphatic heterocycles. The highest BCUT2D eigenvalue weighted by Crippen LogP contribution is 2.44. The van der Waals surface area contributed by atoms with Crippen LogP contribution in [-0.2, 0) is 9.47 Å². The maximum atomic E-state index is 10.6. The van der Waals surface area contributed by atoms with Crippen molar-refractivity contribution in [1.82, 2.24) is 0 Å².